The number of hydrogen-bond donors (Lipinski definition) is 0. The van der Waals surface area contributed by atoms with E-state index in [2.05, 4.69) is 96.7 Å². The van der Waals surface area contributed by atoms with E-state index in [0.29, 0.717) is 11.6 Å². The summed E-state index contributed by atoms with van der Waals surface area (Å²) in [5.74, 6) is 1.85. The fourth-order valence-electron chi connectivity index (χ4n) is 7.09. The first-order valence-electron chi connectivity index (χ1n) is 16.4. The summed E-state index contributed by atoms with van der Waals surface area (Å²) < 4.78 is 0. The van der Waals surface area contributed by atoms with Gasteiger partial charge in [0, 0.05) is 6.20 Å². The quantitative estimate of drug-likeness (QED) is 0.200. The molecule has 0 N–H and O–H groups in total. The average Bonchev–Trinajstić information content (AvgIpc) is 3.55. The number of benzene rings is 2. The number of fused-ring (bicyclic) bond motifs is 2. The molecule has 1 fully saturated rings. The predicted octanol–water partition coefficient (Wildman–Crippen LogP) is 7.43. The normalized spacial score (nSPS) is 17.5. The van der Waals surface area contributed by atoms with Gasteiger partial charge in [0.2, 0.25) is 5.82 Å². The van der Waals surface area contributed by atoms with Gasteiger partial charge in [-0.15, -0.1) is 51.3 Å². The number of aryl methyl sites for hydroxylation is 2. The Bertz CT molecular complexity index is 1540. The molecule has 1 aliphatic heterocycles. The Kier molecular flexibility index (Phi) is 10.3. The largest absolute Gasteiger partial charge is 3.00 e. The molecule has 0 unspecified atom stereocenters. The zero-order valence-electron chi connectivity index (χ0n) is 26.0. The van der Waals surface area contributed by atoms with E-state index in [9.17, 15) is 0 Å². The molecule has 3 aliphatic carbocycles. The third-order valence-corrected chi connectivity index (χ3v) is 9.45. The van der Waals surface area contributed by atoms with Gasteiger partial charge in [-0.05, 0) is 87.5 Å². The smallest absolute Gasteiger partial charge is 0.510 e. The van der Waals surface area contributed by atoms with Crippen LogP contribution < -0.4 is 4.90 Å². The molecule has 0 spiro atoms. The molecule has 7 nitrogen and oxygen atoms in total. The van der Waals surface area contributed by atoms with Crippen LogP contribution in [0.15, 0.2) is 55.0 Å². The van der Waals surface area contributed by atoms with E-state index in [1.54, 1.807) is 0 Å². The summed E-state index contributed by atoms with van der Waals surface area (Å²) in [5.41, 5.74) is 9.75. The first-order valence-corrected chi connectivity index (χ1v) is 16.4. The Morgan fingerprint density at radius 2 is 1.42 bits per heavy atom. The number of anilines is 1. The Morgan fingerprint density at radius 3 is 2.18 bits per heavy atom. The molecule has 8 rings (SSSR count). The van der Waals surface area contributed by atoms with Crippen molar-refractivity contribution in [3.05, 3.63) is 102 Å². The Hall–Kier alpha value is -3.48. The molecule has 8 heteroatoms. The Balaban J connectivity index is 0.000000166. The van der Waals surface area contributed by atoms with Crippen molar-refractivity contribution in [2.75, 3.05) is 11.9 Å². The van der Waals surface area contributed by atoms with E-state index in [1.807, 2.05) is 19.3 Å². The number of hydrogen-bond acceptors (Lipinski definition) is 7. The minimum absolute atomic E-state index is 0. The van der Waals surface area contributed by atoms with Crippen molar-refractivity contribution in [2.45, 2.75) is 89.4 Å². The molecule has 232 valence electrons. The molecule has 2 aromatic carbocycles. The number of rotatable bonds is 4. The van der Waals surface area contributed by atoms with Gasteiger partial charge in [-0.2, -0.15) is 40.6 Å². The van der Waals surface area contributed by atoms with E-state index in [-0.39, 0.29) is 20.1 Å². The van der Waals surface area contributed by atoms with Gasteiger partial charge in [0.25, 0.3) is 0 Å². The Morgan fingerprint density at radius 1 is 0.733 bits per heavy atom. The fourth-order valence-corrected chi connectivity index (χ4v) is 7.09. The fraction of sp³-hybridized carbons (Fsp3) is 0.405. The van der Waals surface area contributed by atoms with Crippen LogP contribution in [0.4, 0.5) is 5.69 Å². The summed E-state index contributed by atoms with van der Waals surface area (Å²) in [6.07, 6.45) is 22.1. The van der Waals surface area contributed by atoms with Crippen molar-refractivity contribution >= 4 is 5.69 Å². The third-order valence-electron chi connectivity index (χ3n) is 9.45. The summed E-state index contributed by atoms with van der Waals surface area (Å²) in [6, 6.07) is 19.5. The van der Waals surface area contributed by atoms with Crippen LogP contribution in [0.25, 0.3) is 22.9 Å². The zero-order valence-corrected chi connectivity index (χ0v) is 28.4. The molecule has 4 aliphatic rings. The predicted molar refractivity (Wildman–Crippen MR) is 173 cm³/mol. The van der Waals surface area contributed by atoms with Gasteiger partial charge in [-0.1, -0.05) is 44.1 Å². The number of pyridine rings is 1. The second-order valence-corrected chi connectivity index (χ2v) is 12.4. The maximum absolute atomic E-state index is 4.52. The van der Waals surface area contributed by atoms with Crippen molar-refractivity contribution in [3.63, 3.8) is 0 Å². The van der Waals surface area contributed by atoms with Crippen LogP contribution in [0.1, 0.15) is 91.5 Å². The van der Waals surface area contributed by atoms with Crippen LogP contribution in [-0.2, 0) is 45.8 Å². The summed E-state index contributed by atoms with van der Waals surface area (Å²) in [4.78, 5) is 8.71. The summed E-state index contributed by atoms with van der Waals surface area (Å²) in [5, 5.41) is 17.5. The Labute approximate surface area is 280 Å². The molecule has 0 radical (unpaired) electrons. The monoisotopic (exact) mass is 775 g/mol. The zero-order chi connectivity index (χ0) is 29.7. The minimum Gasteiger partial charge on any atom is -0.510 e. The third kappa shape index (κ3) is 7.18. The minimum atomic E-state index is 0. The van der Waals surface area contributed by atoms with Gasteiger partial charge in [0.15, 0.2) is 0 Å². The second kappa shape index (κ2) is 14.7. The number of nitrogens with zero attached hydrogens (tertiary/aromatic N) is 7. The van der Waals surface area contributed by atoms with Crippen molar-refractivity contribution in [2.24, 2.45) is 0 Å². The van der Waals surface area contributed by atoms with Gasteiger partial charge in [-0.3, -0.25) is 4.98 Å². The molecular formula is C37H40IrN7. The van der Waals surface area contributed by atoms with Crippen molar-refractivity contribution in [1.29, 1.82) is 0 Å². The molecule has 2 aromatic heterocycles. The molecule has 0 saturated heterocycles. The molecule has 1 saturated carbocycles. The second-order valence-electron chi connectivity index (χ2n) is 12.4. The van der Waals surface area contributed by atoms with Gasteiger partial charge < -0.3 is 9.80 Å². The van der Waals surface area contributed by atoms with Gasteiger partial charge in [0.05, 0.1) is 0 Å². The van der Waals surface area contributed by atoms with Crippen LogP contribution in [0, 0.1) is 18.8 Å². The molecule has 3 heterocycles. The van der Waals surface area contributed by atoms with E-state index >= 15 is 0 Å². The average molecular weight is 775 g/mol. The standard InChI is InChI=1S/C21H20N5.C16H20N2.Ir/c1-3-9-16-14(6-1)8-5-11-18(16)20-23-25-21(26-24-20)19-17-10-4-2-7-15(17)12-13-22-19;1-17-10-11-18(13-17)16-9-5-8-15(12-16)14-6-3-2-4-7-14;/h5,8,12-13H,1-4,6-7,9-10H2;5,8,10-14H,2-4,6-7H2,1H3;/q-1;-2;+3. The molecule has 0 atom stereocenters. The van der Waals surface area contributed by atoms with Crippen LogP contribution in [0.5, 0.6) is 0 Å². The topological polar surface area (TPSA) is 70.9 Å². The van der Waals surface area contributed by atoms with Crippen molar-refractivity contribution in [3.8, 4) is 22.9 Å². The molecule has 45 heavy (non-hydrogen) atoms. The van der Waals surface area contributed by atoms with Crippen molar-refractivity contribution in [1.82, 2.24) is 30.3 Å². The summed E-state index contributed by atoms with van der Waals surface area (Å²) in [6.45, 7) is 2.08. The maximum atomic E-state index is 4.52. The summed E-state index contributed by atoms with van der Waals surface area (Å²) >= 11 is 0. The van der Waals surface area contributed by atoms with E-state index in [0.717, 1.165) is 48.5 Å². The molecule has 0 amide bonds. The molecule has 4 aromatic rings. The van der Waals surface area contributed by atoms with Crippen LogP contribution in [0.2, 0.25) is 0 Å². The maximum Gasteiger partial charge on any atom is 3.00 e. The van der Waals surface area contributed by atoms with Crippen molar-refractivity contribution < 1.29 is 20.1 Å². The van der Waals surface area contributed by atoms with Gasteiger partial charge in [0.1, 0.15) is 11.5 Å². The SMILES string of the molecule is CN1C=CN(c2[c-]ccc(C3CCCCC3)c2)[CH-]1.[Ir+3].[c-]1ccc2c(c1-c1nnc(-c3nccc4c3CCCC4)nn1)CCCC2. The summed E-state index contributed by atoms with van der Waals surface area (Å²) in [7, 11) is 2.04. The number of aromatic nitrogens is 5. The van der Waals surface area contributed by atoms with Crippen LogP contribution in [0.3, 0.4) is 0 Å². The van der Waals surface area contributed by atoms with Crippen LogP contribution in [-0.4, -0.2) is 37.3 Å². The van der Waals surface area contributed by atoms with Gasteiger partial charge >= 0.3 is 20.1 Å². The first-order chi connectivity index (χ1) is 21.7. The van der Waals surface area contributed by atoms with E-state index < -0.39 is 0 Å². The van der Waals surface area contributed by atoms with E-state index in [1.165, 1.54) is 85.6 Å². The molecule has 0 bridgehead atoms. The van der Waals surface area contributed by atoms with Gasteiger partial charge in [-0.25, -0.2) is 0 Å². The van der Waals surface area contributed by atoms with E-state index in [4.69, 9.17) is 0 Å². The molecular weight excluding hydrogens is 735 g/mol. The van der Waals surface area contributed by atoms with Crippen LogP contribution >= 0.6 is 0 Å². The first kappa shape index (κ1) is 31.5.